The van der Waals surface area contributed by atoms with Gasteiger partial charge in [-0.2, -0.15) is 0 Å². The first-order chi connectivity index (χ1) is 13.8. The molecule has 0 radical (unpaired) electrons. The van der Waals surface area contributed by atoms with Gasteiger partial charge in [-0.05, 0) is 61.6 Å². The maximum absolute atomic E-state index is 10.8. The summed E-state index contributed by atoms with van der Waals surface area (Å²) in [6.07, 6.45) is 0.965. The van der Waals surface area contributed by atoms with Gasteiger partial charge >= 0.3 is 0 Å². The molecule has 0 bridgehead atoms. The maximum atomic E-state index is 10.8. The van der Waals surface area contributed by atoms with Gasteiger partial charge in [-0.25, -0.2) is 0 Å². The minimum Gasteiger partial charge on any atom is -0.508 e. The molecule has 2 nitrogen and oxygen atoms in total. The van der Waals surface area contributed by atoms with Crippen LogP contribution >= 0.6 is 8.58 Å². The second-order valence-corrected chi connectivity index (χ2v) is 10.2. The van der Waals surface area contributed by atoms with Crippen molar-refractivity contribution in [2.45, 2.75) is 38.9 Å². The standard InChI is InChI=1S/C26H32NOP/c1-6-26(3,29-25-15-12-19(2)16-22(25)18-27(4)5)23-17-21(13-14-24(23)28)20-10-8-7-9-11-20/h7-17,28-29H,6,18H2,1-5H3. The van der Waals surface area contributed by atoms with Crippen LogP contribution < -0.4 is 5.30 Å². The Labute approximate surface area is 177 Å². The van der Waals surface area contributed by atoms with E-state index in [4.69, 9.17) is 0 Å². The third kappa shape index (κ3) is 5.07. The number of nitrogens with zero attached hydrogens (tertiary/aromatic N) is 1. The van der Waals surface area contributed by atoms with E-state index in [0.29, 0.717) is 14.3 Å². The van der Waals surface area contributed by atoms with Crippen molar-refractivity contribution in [3.8, 4) is 16.9 Å². The van der Waals surface area contributed by atoms with Crippen LogP contribution in [0, 0.1) is 6.92 Å². The Kier molecular flexibility index (Phi) is 6.77. The van der Waals surface area contributed by atoms with Gasteiger partial charge in [-0.3, -0.25) is 0 Å². The van der Waals surface area contributed by atoms with Crippen molar-refractivity contribution in [1.82, 2.24) is 4.90 Å². The zero-order chi connectivity index (χ0) is 21.0. The van der Waals surface area contributed by atoms with Gasteiger partial charge in [0.2, 0.25) is 0 Å². The normalized spacial score (nSPS) is 13.9. The van der Waals surface area contributed by atoms with Crippen molar-refractivity contribution in [3.05, 3.63) is 83.4 Å². The summed E-state index contributed by atoms with van der Waals surface area (Å²) in [6.45, 7) is 7.59. The van der Waals surface area contributed by atoms with Gasteiger partial charge < -0.3 is 10.0 Å². The van der Waals surface area contributed by atoms with Gasteiger partial charge in [0.15, 0.2) is 0 Å². The predicted molar refractivity (Wildman–Crippen MR) is 128 cm³/mol. The SMILES string of the molecule is CCC(C)(Pc1ccc(C)cc1CN(C)C)c1cc(-c2ccccc2)ccc1O. The molecule has 0 saturated carbocycles. The third-order valence-corrected chi connectivity index (χ3v) is 7.49. The number of hydrogen-bond donors (Lipinski definition) is 1. The van der Waals surface area contributed by atoms with Gasteiger partial charge in [0.25, 0.3) is 0 Å². The van der Waals surface area contributed by atoms with E-state index in [1.807, 2.05) is 18.2 Å². The van der Waals surface area contributed by atoms with Crippen LogP contribution in [0.4, 0.5) is 0 Å². The van der Waals surface area contributed by atoms with Crippen molar-refractivity contribution in [2.24, 2.45) is 0 Å². The van der Waals surface area contributed by atoms with Gasteiger partial charge in [0.05, 0.1) is 0 Å². The second kappa shape index (κ2) is 9.11. The van der Waals surface area contributed by atoms with E-state index >= 15 is 0 Å². The van der Waals surface area contributed by atoms with E-state index in [2.05, 4.69) is 88.3 Å². The number of benzene rings is 3. The smallest absolute Gasteiger partial charge is 0.119 e. The van der Waals surface area contributed by atoms with Crippen LogP contribution in [-0.4, -0.2) is 24.1 Å². The Morgan fingerprint density at radius 1 is 0.931 bits per heavy atom. The quantitative estimate of drug-likeness (QED) is 0.483. The molecule has 0 saturated heterocycles. The lowest BCUT2D eigenvalue weighted by atomic mass is 9.93. The Morgan fingerprint density at radius 2 is 1.66 bits per heavy atom. The molecule has 3 heteroatoms. The Balaban J connectivity index is 2.03. The zero-order valence-corrected chi connectivity index (χ0v) is 19.2. The average molecular weight is 406 g/mol. The number of phenols is 1. The summed E-state index contributed by atoms with van der Waals surface area (Å²) < 4.78 is 0. The number of aryl methyl sites for hydroxylation is 1. The summed E-state index contributed by atoms with van der Waals surface area (Å²) in [5.74, 6) is 0.391. The summed E-state index contributed by atoms with van der Waals surface area (Å²) in [4.78, 5) is 2.22. The fraction of sp³-hybridized carbons (Fsp3) is 0.308. The van der Waals surface area contributed by atoms with Gasteiger partial charge in [0.1, 0.15) is 5.75 Å². The second-order valence-electron chi connectivity index (χ2n) is 8.31. The number of hydrogen-bond acceptors (Lipinski definition) is 2. The minimum absolute atomic E-state index is 0.120. The lowest BCUT2D eigenvalue weighted by Crippen LogP contribution is -2.22. The topological polar surface area (TPSA) is 23.5 Å². The third-order valence-electron chi connectivity index (χ3n) is 5.56. The van der Waals surface area contributed by atoms with E-state index in [9.17, 15) is 5.11 Å². The lowest BCUT2D eigenvalue weighted by molar-refractivity contribution is 0.403. The largest absolute Gasteiger partial charge is 0.508 e. The van der Waals surface area contributed by atoms with Crippen molar-refractivity contribution in [2.75, 3.05) is 14.1 Å². The Hall–Kier alpha value is -2.15. The zero-order valence-electron chi connectivity index (χ0n) is 18.2. The van der Waals surface area contributed by atoms with Crippen molar-refractivity contribution >= 4 is 13.9 Å². The summed E-state index contributed by atoms with van der Waals surface area (Å²) >= 11 is 0. The van der Waals surface area contributed by atoms with Crippen molar-refractivity contribution in [1.29, 1.82) is 0 Å². The monoisotopic (exact) mass is 405 g/mol. The molecule has 29 heavy (non-hydrogen) atoms. The van der Waals surface area contributed by atoms with E-state index in [1.54, 1.807) is 0 Å². The van der Waals surface area contributed by atoms with Crippen LogP contribution in [0.15, 0.2) is 66.7 Å². The molecule has 0 heterocycles. The van der Waals surface area contributed by atoms with E-state index in [1.165, 1.54) is 22.0 Å². The molecule has 3 aromatic carbocycles. The molecule has 0 amide bonds. The van der Waals surface area contributed by atoms with Crippen molar-refractivity contribution < 1.29 is 5.11 Å². The van der Waals surface area contributed by atoms with Gasteiger partial charge in [0, 0.05) is 17.3 Å². The summed E-state index contributed by atoms with van der Waals surface area (Å²) in [5.41, 5.74) is 6.05. The molecular formula is C26H32NOP. The highest BCUT2D eigenvalue weighted by molar-refractivity contribution is 7.48. The molecule has 2 unspecified atom stereocenters. The molecule has 3 rings (SSSR count). The summed E-state index contributed by atoms with van der Waals surface area (Å²) in [6, 6.07) is 23.2. The molecule has 152 valence electrons. The lowest BCUT2D eigenvalue weighted by Gasteiger charge is -2.31. The highest BCUT2D eigenvalue weighted by Crippen LogP contribution is 2.48. The minimum atomic E-state index is -0.120. The molecule has 0 aromatic heterocycles. The molecule has 0 fully saturated rings. The first kappa shape index (κ1) is 21.6. The number of phenolic OH excluding ortho intramolecular Hbond substituents is 1. The summed E-state index contributed by atoms with van der Waals surface area (Å²) in [5, 5.41) is 12.0. The highest BCUT2D eigenvalue weighted by Gasteiger charge is 2.29. The first-order valence-corrected chi connectivity index (χ1v) is 11.2. The van der Waals surface area contributed by atoms with E-state index in [0.717, 1.165) is 24.1 Å². The summed E-state index contributed by atoms with van der Waals surface area (Å²) in [7, 11) is 4.81. The van der Waals surface area contributed by atoms with E-state index < -0.39 is 0 Å². The first-order valence-electron chi connectivity index (χ1n) is 10.2. The maximum Gasteiger partial charge on any atom is 0.119 e. The van der Waals surface area contributed by atoms with Crippen molar-refractivity contribution in [3.63, 3.8) is 0 Å². The fourth-order valence-electron chi connectivity index (χ4n) is 3.75. The molecule has 0 spiro atoms. The predicted octanol–water partition coefficient (Wildman–Crippen LogP) is 6.06. The Morgan fingerprint density at radius 3 is 2.31 bits per heavy atom. The highest BCUT2D eigenvalue weighted by atomic mass is 31.1. The van der Waals surface area contributed by atoms with Crippen LogP contribution in [0.1, 0.15) is 37.0 Å². The fourth-order valence-corrected chi connectivity index (χ4v) is 5.33. The van der Waals surface area contributed by atoms with Gasteiger partial charge in [-0.1, -0.05) is 82.6 Å². The van der Waals surface area contributed by atoms with Crippen LogP contribution in [0.25, 0.3) is 11.1 Å². The van der Waals surface area contributed by atoms with E-state index in [-0.39, 0.29) is 5.16 Å². The molecule has 1 N–H and O–H groups in total. The molecule has 2 atom stereocenters. The molecular weight excluding hydrogens is 373 g/mol. The molecule has 0 aliphatic rings. The van der Waals surface area contributed by atoms with Gasteiger partial charge in [-0.15, -0.1) is 0 Å². The molecule has 0 aliphatic carbocycles. The Bertz CT molecular complexity index is 968. The van der Waals surface area contributed by atoms with Crippen LogP contribution in [0.5, 0.6) is 5.75 Å². The molecule has 3 aromatic rings. The van der Waals surface area contributed by atoms with Crippen LogP contribution in [0.3, 0.4) is 0 Å². The molecule has 0 aliphatic heterocycles. The average Bonchev–Trinajstić information content (AvgIpc) is 2.70. The van der Waals surface area contributed by atoms with Crippen LogP contribution in [-0.2, 0) is 11.7 Å². The number of rotatable bonds is 7. The van der Waals surface area contributed by atoms with Crippen LogP contribution in [0.2, 0.25) is 0 Å². The number of aromatic hydroxyl groups is 1.